The van der Waals surface area contributed by atoms with E-state index in [9.17, 15) is 17.2 Å². The van der Waals surface area contributed by atoms with Crippen LogP contribution < -0.4 is 0 Å². The number of H-pyrrole nitrogens is 1. The van der Waals surface area contributed by atoms with Gasteiger partial charge in [-0.1, -0.05) is 24.3 Å². The molecule has 4 nitrogen and oxygen atoms in total. The van der Waals surface area contributed by atoms with Crippen molar-refractivity contribution in [2.45, 2.75) is 17.9 Å². The lowest BCUT2D eigenvalue weighted by molar-refractivity contribution is 0.381. The molecule has 0 fully saturated rings. The van der Waals surface area contributed by atoms with E-state index in [1.54, 1.807) is 0 Å². The van der Waals surface area contributed by atoms with Crippen molar-refractivity contribution in [2.24, 2.45) is 0 Å². The molecule has 0 atom stereocenters. The lowest BCUT2D eigenvalue weighted by Crippen LogP contribution is -2.36. The van der Waals surface area contributed by atoms with E-state index < -0.39 is 26.6 Å². The third-order valence-electron chi connectivity index (χ3n) is 4.36. The molecule has 2 heterocycles. The molecule has 1 aliphatic heterocycles. The third kappa shape index (κ3) is 2.23. The summed E-state index contributed by atoms with van der Waals surface area (Å²) in [6.45, 7) is 0.255. The zero-order chi connectivity index (χ0) is 16.9. The molecule has 0 aliphatic carbocycles. The van der Waals surface area contributed by atoms with Gasteiger partial charge in [0.2, 0.25) is 10.0 Å². The number of aromatic amines is 1. The molecule has 3 aromatic rings. The molecule has 0 unspecified atom stereocenters. The second-order valence-electron chi connectivity index (χ2n) is 5.77. The lowest BCUT2D eigenvalue weighted by Gasteiger charge is -2.26. The molecule has 0 amide bonds. The van der Waals surface area contributed by atoms with Crippen molar-refractivity contribution < 1.29 is 17.2 Å². The van der Waals surface area contributed by atoms with Crippen LogP contribution in [0.5, 0.6) is 0 Å². The topological polar surface area (TPSA) is 53.2 Å². The predicted molar refractivity (Wildman–Crippen MR) is 86.0 cm³/mol. The van der Waals surface area contributed by atoms with Gasteiger partial charge in [0.25, 0.3) is 0 Å². The number of rotatable bonds is 2. The number of nitrogens with one attached hydrogen (secondary N) is 1. The van der Waals surface area contributed by atoms with Crippen LogP contribution in [0, 0.1) is 11.6 Å². The van der Waals surface area contributed by atoms with Crippen molar-refractivity contribution in [1.82, 2.24) is 9.29 Å². The molecule has 0 saturated carbocycles. The summed E-state index contributed by atoms with van der Waals surface area (Å²) in [5.41, 5.74) is 2.76. The number of aromatic nitrogens is 1. The van der Waals surface area contributed by atoms with E-state index in [0.717, 1.165) is 44.7 Å². The summed E-state index contributed by atoms with van der Waals surface area (Å²) in [4.78, 5) is 2.32. The molecule has 1 N–H and O–H groups in total. The van der Waals surface area contributed by atoms with Crippen molar-refractivity contribution in [3.63, 3.8) is 0 Å². The minimum Gasteiger partial charge on any atom is -0.357 e. The highest BCUT2D eigenvalue weighted by atomic mass is 32.2. The summed E-state index contributed by atoms with van der Waals surface area (Å²) >= 11 is 0. The Kier molecular flexibility index (Phi) is 3.43. The maximum absolute atomic E-state index is 13.9. The van der Waals surface area contributed by atoms with Crippen LogP contribution in [0.3, 0.4) is 0 Å². The van der Waals surface area contributed by atoms with E-state index in [1.165, 1.54) is 0 Å². The monoisotopic (exact) mass is 348 g/mol. The number of hydrogen-bond acceptors (Lipinski definition) is 2. The Hall–Kier alpha value is -2.25. The zero-order valence-electron chi connectivity index (χ0n) is 12.6. The van der Waals surface area contributed by atoms with Crippen LogP contribution in [0.15, 0.2) is 47.4 Å². The van der Waals surface area contributed by atoms with Crippen LogP contribution >= 0.6 is 0 Å². The summed E-state index contributed by atoms with van der Waals surface area (Å²) in [5, 5.41) is 1.06. The van der Waals surface area contributed by atoms with E-state index in [4.69, 9.17) is 0 Å². The Labute approximate surface area is 137 Å². The van der Waals surface area contributed by atoms with Crippen LogP contribution in [-0.2, 0) is 23.0 Å². The predicted octanol–water partition coefficient (Wildman–Crippen LogP) is 3.19. The molecule has 124 valence electrons. The van der Waals surface area contributed by atoms with E-state index in [2.05, 4.69) is 4.98 Å². The maximum atomic E-state index is 13.9. The van der Waals surface area contributed by atoms with Crippen LogP contribution in [0.25, 0.3) is 10.9 Å². The first-order valence-corrected chi connectivity index (χ1v) is 8.95. The Morgan fingerprint density at radius 1 is 1.00 bits per heavy atom. The maximum Gasteiger partial charge on any atom is 0.249 e. The molecule has 1 aliphatic rings. The normalized spacial score (nSPS) is 15.6. The summed E-state index contributed by atoms with van der Waals surface area (Å²) in [5.74, 6) is -2.14. The number of sulfonamides is 1. The summed E-state index contributed by atoms with van der Waals surface area (Å²) in [6.07, 6.45) is 0.495. The molecule has 0 spiro atoms. The van der Waals surface area contributed by atoms with Gasteiger partial charge >= 0.3 is 0 Å². The molecule has 24 heavy (non-hydrogen) atoms. The van der Waals surface area contributed by atoms with Gasteiger partial charge in [0.1, 0.15) is 11.6 Å². The van der Waals surface area contributed by atoms with Gasteiger partial charge in [-0.25, -0.2) is 17.2 Å². The third-order valence-corrected chi connectivity index (χ3v) is 6.26. The summed E-state index contributed by atoms with van der Waals surface area (Å²) in [7, 11) is -4.24. The highest BCUT2D eigenvalue weighted by Crippen LogP contribution is 2.31. The second-order valence-corrected chi connectivity index (χ2v) is 7.64. The van der Waals surface area contributed by atoms with Gasteiger partial charge in [-0.05, 0) is 30.2 Å². The van der Waals surface area contributed by atoms with Crippen molar-refractivity contribution >= 4 is 20.9 Å². The van der Waals surface area contributed by atoms with E-state index in [0.29, 0.717) is 6.42 Å². The van der Waals surface area contributed by atoms with E-state index >= 15 is 0 Å². The highest BCUT2D eigenvalue weighted by molar-refractivity contribution is 7.89. The van der Waals surface area contributed by atoms with E-state index in [-0.39, 0.29) is 13.1 Å². The van der Waals surface area contributed by atoms with Crippen molar-refractivity contribution in [3.05, 3.63) is 65.4 Å². The Morgan fingerprint density at radius 3 is 2.46 bits per heavy atom. The van der Waals surface area contributed by atoms with Gasteiger partial charge in [-0.3, -0.25) is 0 Å². The minimum atomic E-state index is -4.24. The average molecular weight is 348 g/mol. The second kappa shape index (κ2) is 5.39. The molecule has 0 radical (unpaired) electrons. The van der Waals surface area contributed by atoms with Crippen LogP contribution in [0.2, 0.25) is 0 Å². The number of hydrogen-bond donors (Lipinski definition) is 1. The smallest absolute Gasteiger partial charge is 0.249 e. The van der Waals surface area contributed by atoms with Gasteiger partial charge in [0.15, 0.2) is 4.90 Å². The number of benzene rings is 2. The lowest BCUT2D eigenvalue weighted by atomic mass is 10.1. The first-order valence-electron chi connectivity index (χ1n) is 7.51. The minimum absolute atomic E-state index is 0.0696. The Balaban J connectivity index is 1.76. The van der Waals surface area contributed by atoms with Gasteiger partial charge in [-0.15, -0.1) is 0 Å². The van der Waals surface area contributed by atoms with Crippen LogP contribution in [-0.4, -0.2) is 24.3 Å². The zero-order valence-corrected chi connectivity index (χ0v) is 13.4. The molecule has 7 heteroatoms. The first-order chi connectivity index (χ1) is 11.5. The highest BCUT2D eigenvalue weighted by Gasteiger charge is 2.34. The van der Waals surface area contributed by atoms with Crippen molar-refractivity contribution in [2.75, 3.05) is 6.54 Å². The molecular formula is C17H14F2N2O2S. The number of para-hydroxylation sites is 1. The van der Waals surface area contributed by atoms with Crippen molar-refractivity contribution in [3.8, 4) is 0 Å². The Morgan fingerprint density at radius 2 is 1.71 bits per heavy atom. The Bertz CT molecular complexity index is 1020. The van der Waals surface area contributed by atoms with Gasteiger partial charge in [-0.2, -0.15) is 4.31 Å². The van der Waals surface area contributed by atoms with Crippen LogP contribution in [0.1, 0.15) is 11.3 Å². The fourth-order valence-electron chi connectivity index (χ4n) is 3.23. The molecule has 0 bridgehead atoms. The van der Waals surface area contributed by atoms with Gasteiger partial charge in [0.05, 0.1) is 6.54 Å². The molecule has 2 aromatic carbocycles. The fraction of sp³-hybridized carbons (Fsp3) is 0.176. The SMILES string of the molecule is O=S(=O)(c1c(F)cccc1F)N1CCc2c([nH]c3ccccc23)C1. The quantitative estimate of drug-likeness (QED) is 0.773. The number of halogens is 2. The average Bonchev–Trinajstić information content (AvgIpc) is 2.92. The van der Waals surface area contributed by atoms with Gasteiger partial charge < -0.3 is 4.98 Å². The number of nitrogens with zero attached hydrogens (tertiary/aromatic N) is 1. The molecule has 4 rings (SSSR count). The first kappa shape index (κ1) is 15.3. The van der Waals surface area contributed by atoms with Gasteiger partial charge in [0, 0.05) is 23.1 Å². The molecule has 1 aromatic heterocycles. The molecular weight excluding hydrogens is 334 g/mol. The van der Waals surface area contributed by atoms with E-state index in [1.807, 2.05) is 24.3 Å². The fourth-order valence-corrected chi connectivity index (χ4v) is 4.75. The summed E-state index contributed by atoms with van der Waals surface area (Å²) < 4.78 is 54.3. The summed E-state index contributed by atoms with van der Waals surface area (Å²) in [6, 6.07) is 10.8. The molecule has 0 saturated heterocycles. The van der Waals surface area contributed by atoms with Crippen LogP contribution in [0.4, 0.5) is 8.78 Å². The standard InChI is InChI=1S/C17H14F2N2O2S/c18-13-5-3-6-14(19)17(13)24(22,23)21-9-8-12-11-4-1-2-7-15(11)20-16(12)10-21/h1-7,20H,8-10H2. The number of fused-ring (bicyclic) bond motifs is 3. The largest absolute Gasteiger partial charge is 0.357 e. The van der Waals surface area contributed by atoms with Crippen molar-refractivity contribution in [1.29, 1.82) is 0 Å².